The molecule has 1 aromatic carbocycles. The molecule has 0 saturated carbocycles. The summed E-state index contributed by atoms with van der Waals surface area (Å²) in [5.41, 5.74) is 1.88. The number of halogens is 1. The molecule has 1 atom stereocenters. The summed E-state index contributed by atoms with van der Waals surface area (Å²) in [5.74, 6) is 0.579. The zero-order valence-electron chi connectivity index (χ0n) is 10.6. The van der Waals surface area contributed by atoms with Gasteiger partial charge in [-0.1, -0.05) is 22.0 Å². The zero-order valence-corrected chi connectivity index (χ0v) is 12.2. The number of hydrogen-bond donors (Lipinski definition) is 1. The Morgan fingerprint density at radius 1 is 1.33 bits per heavy atom. The van der Waals surface area contributed by atoms with Crippen molar-refractivity contribution in [1.29, 1.82) is 0 Å². The standard InChI is InChI=1S/C13H16BrN3O/c1-8(2)17-13(15-7-16-17)12(18)11-5-4-10(14)6-9(11)3/h4-8,12,18H,1-3H3. The van der Waals surface area contributed by atoms with Crippen LogP contribution in [0.2, 0.25) is 0 Å². The molecule has 0 amide bonds. The molecule has 4 nitrogen and oxygen atoms in total. The van der Waals surface area contributed by atoms with Crippen LogP contribution in [0.4, 0.5) is 0 Å². The van der Waals surface area contributed by atoms with Gasteiger partial charge in [0.15, 0.2) is 5.82 Å². The van der Waals surface area contributed by atoms with Crippen LogP contribution in [-0.2, 0) is 0 Å². The predicted octanol–water partition coefficient (Wildman–Crippen LogP) is 3.01. The first-order valence-corrected chi connectivity index (χ1v) is 6.63. The third-order valence-corrected chi connectivity index (χ3v) is 3.35. The number of rotatable bonds is 3. The number of aliphatic hydroxyl groups is 1. The van der Waals surface area contributed by atoms with Crippen LogP contribution in [0.15, 0.2) is 29.0 Å². The average molecular weight is 310 g/mol. The highest BCUT2D eigenvalue weighted by Crippen LogP contribution is 2.26. The normalized spacial score (nSPS) is 13.0. The monoisotopic (exact) mass is 309 g/mol. The molecule has 0 saturated heterocycles. The number of benzene rings is 1. The topological polar surface area (TPSA) is 50.9 Å². The Balaban J connectivity index is 2.41. The van der Waals surface area contributed by atoms with Gasteiger partial charge in [0.25, 0.3) is 0 Å². The fourth-order valence-corrected chi connectivity index (χ4v) is 2.41. The Labute approximate surface area is 115 Å². The van der Waals surface area contributed by atoms with E-state index in [1.807, 2.05) is 39.0 Å². The van der Waals surface area contributed by atoms with Crippen LogP contribution in [0.3, 0.4) is 0 Å². The van der Waals surface area contributed by atoms with Gasteiger partial charge in [-0.3, -0.25) is 0 Å². The fraction of sp³-hybridized carbons (Fsp3) is 0.385. The van der Waals surface area contributed by atoms with Gasteiger partial charge in [-0.05, 0) is 44.0 Å². The van der Waals surface area contributed by atoms with Crippen LogP contribution in [0.5, 0.6) is 0 Å². The van der Waals surface area contributed by atoms with E-state index in [0.717, 1.165) is 15.6 Å². The van der Waals surface area contributed by atoms with Crippen molar-refractivity contribution in [2.45, 2.75) is 32.9 Å². The molecular formula is C13H16BrN3O. The lowest BCUT2D eigenvalue weighted by molar-refractivity contribution is 0.199. The molecule has 1 unspecified atom stereocenters. The van der Waals surface area contributed by atoms with E-state index in [9.17, 15) is 5.11 Å². The smallest absolute Gasteiger partial charge is 0.160 e. The SMILES string of the molecule is Cc1cc(Br)ccc1C(O)c1ncnn1C(C)C. The van der Waals surface area contributed by atoms with Gasteiger partial charge in [0.2, 0.25) is 0 Å². The number of aryl methyl sites for hydroxylation is 1. The van der Waals surface area contributed by atoms with E-state index in [0.29, 0.717) is 5.82 Å². The predicted molar refractivity (Wildman–Crippen MR) is 73.3 cm³/mol. The molecule has 0 radical (unpaired) electrons. The zero-order chi connectivity index (χ0) is 13.3. The minimum atomic E-state index is -0.747. The summed E-state index contributed by atoms with van der Waals surface area (Å²) >= 11 is 3.42. The van der Waals surface area contributed by atoms with Gasteiger partial charge in [-0.2, -0.15) is 5.10 Å². The van der Waals surface area contributed by atoms with E-state index in [2.05, 4.69) is 26.0 Å². The molecule has 2 aromatic rings. The second-order valence-electron chi connectivity index (χ2n) is 4.56. The Morgan fingerprint density at radius 2 is 2.06 bits per heavy atom. The summed E-state index contributed by atoms with van der Waals surface area (Å²) in [4.78, 5) is 4.17. The first-order valence-electron chi connectivity index (χ1n) is 5.84. The van der Waals surface area contributed by atoms with Crippen molar-refractivity contribution < 1.29 is 5.11 Å². The van der Waals surface area contributed by atoms with Crippen molar-refractivity contribution in [3.05, 3.63) is 46.0 Å². The number of nitrogens with zero attached hydrogens (tertiary/aromatic N) is 3. The second-order valence-corrected chi connectivity index (χ2v) is 5.48. The van der Waals surface area contributed by atoms with Gasteiger partial charge in [-0.15, -0.1) is 0 Å². The van der Waals surface area contributed by atoms with E-state index >= 15 is 0 Å². The van der Waals surface area contributed by atoms with Crippen molar-refractivity contribution >= 4 is 15.9 Å². The molecular weight excluding hydrogens is 294 g/mol. The molecule has 0 fully saturated rings. The van der Waals surface area contributed by atoms with Gasteiger partial charge < -0.3 is 5.11 Å². The van der Waals surface area contributed by atoms with Crippen molar-refractivity contribution in [1.82, 2.24) is 14.8 Å². The average Bonchev–Trinajstić information content (AvgIpc) is 2.77. The van der Waals surface area contributed by atoms with Gasteiger partial charge >= 0.3 is 0 Å². The molecule has 0 aliphatic heterocycles. The summed E-state index contributed by atoms with van der Waals surface area (Å²) < 4.78 is 2.74. The largest absolute Gasteiger partial charge is 0.380 e. The van der Waals surface area contributed by atoms with Gasteiger partial charge in [0, 0.05) is 10.5 Å². The first kappa shape index (κ1) is 13.2. The fourth-order valence-electron chi connectivity index (χ4n) is 1.94. The number of aromatic nitrogens is 3. The Hall–Kier alpha value is -1.20. The molecule has 2 rings (SSSR count). The van der Waals surface area contributed by atoms with E-state index in [1.54, 1.807) is 4.68 Å². The molecule has 5 heteroatoms. The third kappa shape index (κ3) is 2.47. The van der Waals surface area contributed by atoms with Crippen LogP contribution in [0.1, 0.15) is 42.9 Å². The van der Waals surface area contributed by atoms with Crippen molar-refractivity contribution in [2.75, 3.05) is 0 Å². The molecule has 1 heterocycles. The van der Waals surface area contributed by atoms with Crippen LogP contribution in [0.25, 0.3) is 0 Å². The Morgan fingerprint density at radius 3 is 2.67 bits per heavy atom. The lowest BCUT2D eigenvalue weighted by Gasteiger charge is -2.16. The van der Waals surface area contributed by atoms with E-state index in [4.69, 9.17) is 0 Å². The number of hydrogen-bond acceptors (Lipinski definition) is 3. The highest BCUT2D eigenvalue weighted by molar-refractivity contribution is 9.10. The maximum Gasteiger partial charge on any atom is 0.160 e. The molecule has 1 aromatic heterocycles. The number of aliphatic hydroxyl groups excluding tert-OH is 1. The summed E-state index contributed by atoms with van der Waals surface area (Å²) in [6.45, 7) is 6.00. The minimum absolute atomic E-state index is 0.174. The van der Waals surface area contributed by atoms with E-state index < -0.39 is 6.10 Å². The van der Waals surface area contributed by atoms with Gasteiger partial charge in [-0.25, -0.2) is 9.67 Å². The highest BCUT2D eigenvalue weighted by Gasteiger charge is 2.20. The molecule has 1 N–H and O–H groups in total. The van der Waals surface area contributed by atoms with Crippen molar-refractivity contribution in [3.8, 4) is 0 Å². The van der Waals surface area contributed by atoms with E-state index in [1.165, 1.54) is 6.33 Å². The summed E-state index contributed by atoms with van der Waals surface area (Å²) in [7, 11) is 0. The van der Waals surface area contributed by atoms with E-state index in [-0.39, 0.29) is 6.04 Å². The lowest BCUT2D eigenvalue weighted by atomic mass is 10.0. The molecule has 0 aliphatic rings. The van der Waals surface area contributed by atoms with Crippen LogP contribution >= 0.6 is 15.9 Å². The van der Waals surface area contributed by atoms with Crippen LogP contribution < -0.4 is 0 Å². The molecule has 0 bridgehead atoms. The minimum Gasteiger partial charge on any atom is -0.380 e. The second kappa shape index (κ2) is 5.20. The van der Waals surface area contributed by atoms with Gasteiger partial charge in [0.05, 0.1) is 0 Å². The summed E-state index contributed by atoms with van der Waals surface area (Å²) in [5, 5.41) is 14.6. The van der Waals surface area contributed by atoms with Gasteiger partial charge in [0.1, 0.15) is 12.4 Å². The maximum absolute atomic E-state index is 10.4. The first-order chi connectivity index (χ1) is 8.50. The summed E-state index contributed by atoms with van der Waals surface area (Å²) in [6.07, 6.45) is 0.732. The Kier molecular flexibility index (Phi) is 3.82. The molecule has 96 valence electrons. The maximum atomic E-state index is 10.4. The van der Waals surface area contributed by atoms with Crippen LogP contribution in [-0.4, -0.2) is 19.9 Å². The molecule has 18 heavy (non-hydrogen) atoms. The quantitative estimate of drug-likeness (QED) is 0.948. The van der Waals surface area contributed by atoms with Crippen molar-refractivity contribution in [2.24, 2.45) is 0 Å². The summed E-state index contributed by atoms with van der Waals surface area (Å²) in [6, 6.07) is 5.98. The Bertz CT molecular complexity index is 551. The molecule has 0 aliphatic carbocycles. The third-order valence-electron chi connectivity index (χ3n) is 2.86. The highest BCUT2D eigenvalue weighted by atomic mass is 79.9. The van der Waals surface area contributed by atoms with Crippen LogP contribution in [0, 0.1) is 6.92 Å². The lowest BCUT2D eigenvalue weighted by Crippen LogP contribution is -2.14. The molecule has 0 spiro atoms. The van der Waals surface area contributed by atoms with Crippen molar-refractivity contribution in [3.63, 3.8) is 0 Å².